The summed E-state index contributed by atoms with van der Waals surface area (Å²) in [4.78, 5) is 11.0. The molecule has 0 aliphatic heterocycles. The summed E-state index contributed by atoms with van der Waals surface area (Å²) in [6.45, 7) is 7.41. The van der Waals surface area contributed by atoms with Gasteiger partial charge in [0.05, 0.1) is 6.10 Å². The number of esters is 1. The topological polar surface area (TPSA) is 44.8 Å². The van der Waals surface area contributed by atoms with Gasteiger partial charge in [0.1, 0.15) is 0 Å². The molecule has 1 unspecified atom stereocenters. The lowest BCUT2D eigenvalue weighted by atomic mass is 10.1. The number of hydrogen-bond acceptors (Lipinski definition) is 4. The van der Waals surface area contributed by atoms with Crippen LogP contribution < -0.4 is 0 Å². The largest absolute Gasteiger partial charge is 0.460 e. The van der Waals surface area contributed by atoms with Gasteiger partial charge in [-0.1, -0.05) is 32.3 Å². The number of carbonyl (C=O) groups excluding carboxylic acids is 1. The number of carbonyl (C=O) groups is 1. The van der Waals surface area contributed by atoms with Crippen LogP contribution in [0.15, 0.2) is 12.7 Å². The van der Waals surface area contributed by atoms with Crippen LogP contribution in [0.4, 0.5) is 0 Å². The lowest BCUT2D eigenvalue weighted by molar-refractivity contribution is -0.142. The van der Waals surface area contributed by atoms with Crippen molar-refractivity contribution in [3.05, 3.63) is 12.7 Å². The van der Waals surface area contributed by atoms with Gasteiger partial charge in [0.2, 0.25) is 0 Å². The van der Waals surface area contributed by atoms with E-state index >= 15 is 0 Å². The van der Waals surface area contributed by atoms with Crippen molar-refractivity contribution in [2.75, 3.05) is 14.2 Å². The number of ether oxygens (including phenoxy) is 1. The second-order valence-electron chi connectivity index (χ2n) is 5.30. The van der Waals surface area contributed by atoms with Gasteiger partial charge in [0.15, 0.2) is 0 Å². The summed E-state index contributed by atoms with van der Waals surface area (Å²) in [5.74, 6) is -0.333. The van der Waals surface area contributed by atoms with Crippen LogP contribution in [0.3, 0.4) is 0 Å². The highest BCUT2D eigenvalue weighted by Gasteiger charge is 2.27. The average Bonchev–Trinajstić information content (AvgIpc) is 2.45. The minimum absolute atomic E-state index is 0.0156. The normalized spacial score (nSPS) is 13.0. The van der Waals surface area contributed by atoms with Gasteiger partial charge in [-0.3, -0.25) is 0 Å². The van der Waals surface area contributed by atoms with E-state index in [9.17, 15) is 4.79 Å². The molecule has 0 aliphatic rings. The van der Waals surface area contributed by atoms with Gasteiger partial charge in [-0.15, -0.1) is 0 Å². The molecule has 20 heavy (non-hydrogen) atoms. The fraction of sp³-hybridized carbons (Fsp3) is 0.800. The summed E-state index contributed by atoms with van der Waals surface area (Å²) < 4.78 is 16.0. The highest BCUT2D eigenvalue weighted by molar-refractivity contribution is 6.65. The van der Waals surface area contributed by atoms with Gasteiger partial charge in [-0.2, -0.15) is 0 Å². The van der Waals surface area contributed by atoms with Crippen molar-refractivity contribution in [2.45, 2.75) is 64.1 Å². The first-order valence-corrected chi connectivity index (χ1v) is 9.93. The van der Waals surface area contributed by atoms with E-state index in [4.69, 9.17) is 13.6 Å². The van der Waals surface area contributed by atoms with E-state index in [1.807, 2.05) is 6.92 Å². The first kappa shape index (κ1) is 19.3. The minimum atomic E-state index is -1.87. The molecule has 0 saturated carbocycles. The quantitative estimate of drug-likeness (QED) is 0.238. The van der Waals surface area contributed by atoms with E-state index in [2.05, 4.69) is 13.1 Å². The first-order chi connectivity index (χ1) is 9.47. The van der Waals surface area contributed by atoms with Crippen molar-refractivity contribution in [3.63, 3.8) is 0 Å². The van der Waals surface area contributed by atoms with Gasteiger partial charge >= 0.3 is 14.5 Å². The van der Waals surface area contributed by atoms with E-state index in [1.54, 1.807) is 14.2 Å². The minimum Gasteiger partial charge on any atom is -0.460 e. The summed E-state index contributed by atoms with van der Waals surface area (Å²) >= 11 is 0. The Morgan fingerprint density at radius 3 is 2.25 bits per heavy atom. The molecule has 0 aromatic carbocycles. The van der Waals surface area contributed by atoms with Crippen LogP contribution in [-0.2, 0) is 18.4 Å². The number of hydrogen-bond donors (Lipinski definition) is 0. The predicted molar refractivity (Wildman–Crippen MR) is 83.9 cm³/mol. The maximum Gasteiger partial charge on any atom is 0.334 e. The van der Waals surface area contributed by atoms with Crippen LogP contribution in [0.1, 0.15) is 45.4 Å². The van der Waals surface area contributed by atoms with Crippen molar-refractivity contribution < 1.29 is 18.4 Å². The first-order valence-electron chi connectivity index (χ1n) is 7.40. The lowest BCUT2D eigenvalue weighted by Gasteiger charge is -2.22. The maximum atomic E-state index is 11.0. The Hall–Kier alpha value is -0.653. The fourth-order valence-corrected chi connectivity index (χ4v) is 3.47. The second kappa shape index (κ2) is 11.1. The smallest absolute Gasteiger partial charge is 0.334 e. The molecule has 0 radical (unpaired) electrons. The molecule has 0 N–H and O–H groups in total. The van der Waals surface area contributed by atoms with E-state index in [1.165, 1.54) is 25.3 Å². The summed E-state index contributed by atoms with van der Waals surface area (Å²) in [5, 5.41) is 0. The van der Waals surface area contributed by atoms with Crippen molar-refractivity contribution in [3.8, 4) is 0 Å². The SMILES string of the molecule is C=CC(=O)OC(C)CCCCCCC[Si](C)(OC)OC. The standard InChI is InChI=1S/C15H30O4Si/c1-6-15(16)19-14(2)12-10-8-7-9-11-13-20(5,17-3)18-4/h6,14H,1,7-13H2,2-5H3. The predicted octanol–water partition coefficient (Wildman–Crippen LogP) is 3.81. The van der Waals surface area contributed by atoms with Crippen LogP contribution in [0.2, 0.25) is 12.6 Å². The van der Waals surface area contributed by atoms with E-state index in [0.717, 1.165) is 25.3 Å². The molecule has 0 bridgehead atoms. The molecule has 0 spiro atoms. The highest BCUT2D eigenvalue weighted by Crippen LogP contribution is 2.17. The van der Waals surface area contributed by atoms with Crippen molar-refractivity contribution in [2.24, 2.45) is 0 Å². The van der Waals surface area contributed by atoms with Crippen molar-refractivity contribution >= 4 is 14.5 Å². The summed E-state index contributed by atoms with van der Waals surface area (Å²) in [6, 6.07) is 1.05. The molecule has 0 aromatic rings. The Morgan fingerprint density at radius 2 is 1.70 bits per heavy atom. The lowest BCUT2D eigenvalue weighted by Crippen LogP contribution is -2.35. The van der Waals surface area contributed by atoms with Crippen LogP contribution >= 0.6 is 0 Å². The third kappa shape index (κ3) is 9.28. The molecule has 0 heterocycles. The zero-order chi connectivity index (χ0) is 15.4. The summed E-state index contributed by atoms with van der Waals surface area (Å²) in [6.07, 6.45) is 7.95. The Morgan fingerprint density at radius 1 is 1.15 bits per heavy atom. The summed E-state index contributed by atoms with van der Waals surface area (Å²) in [5.41, 5.74) is 0. The van der Waals surface area contributed by atoms with Gasteiger partial charge in [0, 0.05) is 20.3 Å². The van der Waals surface area contributed by atoms with Gasteiger partial charge in [-0.25, -0.2) is 4.79 Å². The number of unbranched alkanes of at least 4 members (excludes halogenated alkanes) is 4. The summed E-state index contributed by atoms with van der Waals surface area (Å²) in [7, 11) is 1.60. The van der Waals surface area contributed by atoms with Crippen LogP contribution in [-0.4, -0.2) is 34.9 Å². The fourth-order valence-electron chi connectivity index (χ4n) is 2.00. The molecule has 0 rings (SSSR count). The molecule has 1 atom stereocenters. The average molecular weight is 302 g/mol. The highest BCUT2D eigenvalue weighted by atomic mass is 28.4. The maximum absolute atomic E-state index is 11.0. The molecule has 0 fully saturated rings. The Balaban J connectivity index is 3.49. The molecule has 118 valence electrons. The third-order valence-electron chi connectivity index (χ3n) is 3.59. The molecular formula is C15H30O4Si. The Bertz CT molecular complexity index is 277. The molecule has 4 nitrogen and oxygen atoms in total. The molecule has 0 aliphatic carbocycles. The van der Waals surface area contributed by atoms with E-state index < -0.39 is 8.56 Å². The second-order valence-corrected chi connectivity index (χ2v) is 8.88. The molecule has 0 saturated heterocycles. The van der Waals surface area contributed by atoms with E-state index in [0.29, 0.717) is 0 Å². The van der Waals surface area contributed by atoms with Crippen LogP contribution in [0, 0.1) is 0 Å². The zero-order valence-electron chi connectivity index (χ0n) is 13.4. The molecule has 5 heteroatoms. The molecule has 0 aromatic heterocycles. The van der Waals surface area contributed by atoms with Crippen LogP contribution in [0.25, 0.3) is 0 Å². The van der Waals surface area contributed by atoms with Crippen LogP contribution in [0.5, 0.6) is 0 Å². The monoisotopic (exact) mass is 302 g/mol. The number of rotatable bonds is 12. The molecule has 0 amide bonds. The Labute approximate surface area is 124 Å². The Kier molecular flexibility index (Phi) is 10.7. The third-order valence-corrected chi connectivity index (χ3v) is 6.58. The van der Waals surface area contributed by atoms with Gasteiger partial charge < -0.3 is 13.6 Å². The van der Waals surface area contributed by atoms with E-state index in [-0.39, 0.29) is 12.1 Å². The van der Waals surface area contributed by atoms with Gasteiger partial charge in [-0.05, 0) is 32.4 Å². The molecular weight excluding hydrogens is 272 g/mol. The van der Waals surface area contributed by atoms with Crippen molar-refractivity contribution in [1.29, 1.82) is 0 Å². The zero-order valence-corrected chi connectivity index (χ0v) is 14.4. The van der Waals surface area contributed by atoms with Crippen molar-refractivity contribution in [1.82, 2.24) is 0 Å². The van der Waals surface area contributed by atoms with Gasteiger partial charge in [0.25, 0.3) is 0 Å².